The second-order valence-corrected chi connectivity index (χ2v) is 7.35. The molecule has 2 saturated heterocycles. The first-order valence-electron chi connectivity index (χ1n) is 9.03. The van der Waals surface area contributed by atoms with E-state index in [0.717, 1.165) is 37.9 Å². The lowest BCUT2D eigenvalue weighted by Gasteiger charge is -2.35. The smallest absolute Gasteiger partial charge is 0.253 e. The van der Waals surface area contributed by atoms with Gasteiger partial charge in [-0.25, -0.2) is 0 Å². The molecule has 1 aliphatic carbocycles. The Bertz CT molecular complexity index is 623. The number of carbonyl (C=O) groups is 2. The first-order valence-corrected chi connectivity index (χ1v) is 9.03. The van der Waals surface area contributed by atoms with Crippen LogP contribution in [-0.2, 0) is 4.79 Å². The van der Waals surface area contributed by atoms with Crippen molar-refractivity contribution >= 4 is 24.2 Å². The summed E-state index contributed by atoms with van der Waals surface area (Å²) in [6.45, 7) is 4.71. The number of piperazine rings is 1. The van der Waals surface area contributed by atoms with Gasteiger partial charge >= 0.3 is 0 Å². The number of piperidine rings is 1. The van der Waals surface area contributed by atoms with Crippen molar-refractivity contribution < 1.29 is 9.59 Å². The number of benzene rings is 1. The fraction of sp³-hybridized carbons (Fsp3) is 0.579. The molecule has 1 N–H and O–H groups in total. The lowest BCUT2D eigenvalue weighted by molar-refractivity contribution is -0.135. The molecule has 2 heterocycles. The molecule has 5 nitrogen and oxygen atoms in total. The molecule has 136 valence electrons. The molecule has 4 rings (SSSR count). The van der Waals surface area contributed by atoms with Crippen molar-refractivity contribution in [1.29, 1.82) is 0 Å². The number of amides is 2. The van der Waals surface area contributed by atoms with Crippen molar-refractivity contribution in [3.63, 3.8) is 0 Å². The molecule has 1 spiro atoms. The van der Waals surface area contributed by atoms with E-state index in [1.165, 1.54) is 0 Å². The van der Waals surface area contributed by atoms with Gasteiger partial charge in [-0.2, -0.15) is 0 Å². The Kier molecular flexibility index (Phi) is 5.35. The lowest BCUT2D eigenvalue weighted by atomic mass is 9.91. The van der Waals surface area contributed by atoms with Crippen LogP contribution in [0.4, 0.5) is 0 Å². The third-order valence-electron chi connectivity index (χ3n) is 5.99. The van der Waals surface area contributed by atoms with Crippen molar-refractivity contribution in [3.8, 4) is 0 Å². The molecule has 6 heteroatoms. The molecule has 1 atom stereocenters. The topological polar surface area (TPSA) is 52.7 Å². The predicted molar refractivity (Wildman–Crippen MR) is 98.8 cm³/mol. The fourth-order valence-electron chi connectivity index (χ4n) is 4.29. The van der Waals surface area contributed by atoms with Crippen LogP contribution in [0.15, 0.2) is 30.3 Å². The maximum Gasteiger partial charge on any atom is 0.253 e. The van der Waals surface area contributed by atoms with E-state index in [9.17, 15) is 9.59 Å². The van der Waals surface area contributed by atoms with Crippen LogP contribution in [0.2, 0.25) is 0 Å². The van der Waals surface area contributed by atoms with Gasteiger partial charge in [0.1, 0.15) is 0 Å². The molecule has 1 aromatic rings. The van der Waals surface area contributed by atoms with Gasteiger partial charge in [0.25, 0.3) is 5.91 Å². The molecule has 2 aliphatic heterocycles. The number of nitrogens with one attached hydrogen (secondary N) is 1. The Balaban J connectivity index is 0.00000182. The maximum absolute atomic E-state index is 12.8. The molecule has 0 aromatic heterocycles. The van der Waals surface area contributed by atoms with Crippen molar-refractivity contribution in [2.45, 2.75) is 19.3 Å². The summed E-state index contributed by atoms with van der Waals surface area (Å²) in [6.07, 6.45) is 3.34. The van der Waals surface area contributed by atoms with Gasteiger partial charge in [0, 0.05) is 37.7 Å². The highest BCUT2D eigenvalue weighted by molar-refractivity contribution is 5.94. The summed E-state index contributed by atoms with van der Waals surface area (Å²) in [5.41, 5.74) is 1.02. The highest BCUT2D eigenvalue weighted by Gasteiger charge is 2.58. The summed E-state index contributed by atoms with van der Waals surface area (Å²) in [5, 5.41) is 3.38. The SMILES string of the molecule is Cl.O=C(c1ccccc1)N1CCN(C(=O)C2CC23CCNCC3)CC1. The van der Waals surface area contributed by atoms with Crippen LogP contribution in [0.1, 0.15) is 29.6 Å². The largest absolute Gasteiger partial charge is 0.339 e. The van der Waals surface area contributed by atoms with E-state index in [0.29, 0.717) is 37.5 Å². The average molecular weight is 364 g/mol. The van der Waals surface area contributed by atoms with Crippen LogP contribution in [0, 0.1) is 11.3 Å². The second-order valence-electron chi connectivity index (χ2n) is 7.35. The van der Waals surface area contributed by atoms with E-state index in [2.05, 4.69) is 5.32 Å². The quantitative estimate of drug-likeness (QED) is 0.871. The third-order valence-corrected chi connectivity index (χ3v) is 5.99. The summed E-state index contributed by atoms with van der Waals surface area (Å²) in [6, 6.07) is 9.40. The van der Waals surface area contributed by atoms with Crippen LogP contribution in [0.3, 0.4) is 0 Å². The predicted octanol–water partition coefficient (Wildman–Crippen LogP) is 1.78. The van der Waals surface area contributed by atoms with Crippen molar-refractivity contribution in [2.75, 3.05) is 39.3 Å². The molecule has 3 aliphatic rings. The second kappa shape index (κ2) is 7.34. The minimum atomic E-state index is 0. The number of carbonyl (C=O) groups excluding carboxylic acids is 2. The van der Waals surface area contributed by atoms with E-state index in [1.807, 2.05) is 40.1 Å². The number of halogens is 1. The molecule has 1 aromatic carbocycles. The summed E-state index contributed by atoms with van der Waals surface area (Å²) in [4.78, 5) is 29.1. The van der Waals surface area contributed by atoms with Gasteiger partial charge in [-0.05, 0) is 49.9 Å². The number of rotatable bonds is 2. The molecular weight excluding hydrogens is 338 g/mol. The van der Waals surface area contributed by atoms with Crippen molar-refractivity contribution in [1.82, 2.24) is 15.1 Å². The molecule has 0 bridgehead atoms. The molecule has 0 radical (unpaired) electrons. The van der Waals surface area contributed by atoms with Gasteiger partial charge in [-0.3, -0.25) is 9.59 Å². The van der Waals surface area contributed by atoms with Crippen molar-refractivity contribution in [3.05, 3.63) is 35.9 Å². The maximum atomic E-state index is 12.8. The molecule has 1 unspecified atom stereocenters. The number of nitrogens with zero attached hydrogens (tertiary/aromatic N) is 2. The Hall–Kier alpha value is -1.59. The Morgan fingerprint density at radius 2 is 1.56 bits per heavy atom. The fourth-order valence-corrected chi connectivity index (χ4v) is 4.29. The molecular formula is C19H26ClN3O2. The van der Waals surface area contributed by atoms with Crippen LogP contribution in [0.25, 0.3) is 0 Å². The Morgan fingerprint density at radius 3 is 2.20 bits per heavy atom. The zero-order valence-electron chi connectivity index (χ0n) is 14.4. The zero-order chi connectivity index (χ0) is 16.6. The highest BCUT2D eigenvalue weighted by atomic mass is 35.5. The average Bonchev–Trinajstić information content (AvgIpc) is 3.34. The van der Waals surface area contributed by atoms with Gasteiger partial charge in [-0.15, -0.1) is 12.4 Å². The molecule has 25 heavy (non-hydrogen) atoms. The van der Waals surface area contributed by atoms with Gasteiger partial charge in [0.15, 0.2) is 0 Å². The van der Waals surface area contributed by atoms with E-state index >= 15 is 0 Å². The minimum absolute atomic E-state index is 0. The molecule has 2 amide bonds. The van der Waals surface area contributed by atoms with Gasteiger partial charge in [0.2, 0.25) is 5.91 Å². The van der Waals surface area contributed by atoms with Crippen LogP contribution < -0.4 is 5.32 Å². The molecule has 3 fully saturated rings. The molecule has 1 saturated carbocycles. The van der Waals surface area contributed by atoms with Gasteiger partial charge < -0.3 is 15.1 Å². The van der Waals surface area contributed by atoms with Crippen LogP contribution in [0.5, 0.6) is 0 Å². The van der Waals surface area contributed by atoms with Crippen LogP contribution >= 0.6 is 12.4 Å². The van der Waals surface area contributed by atoms with E-state index in [-0.39, 0.29) is 24.2 Å². The zero-order valence-corrected chi connectivity index (χ0v) is 15.3. The number of hydrogen-bond donors (Lipinski definition) is 1. The first kappa shape index (κ1) is 18.2. The van der Waals surface area contributed by atoms with Gasteiger partial charge in [0.05, 0.1) is 0 Å². The van der Waals surface area contributed by atoms with Crippen LogP contribution in [-0.4, -0.2) is 60.9 Å². The monoisotopic (exact) mass is 363 g/mol. The van der Waals surface area contributed by atoms with E-state index in [1.54, 1.807) is 0 Å². The lowest BCUT2D eigenvalue weighted by Crippen LogP contribution is -2.51. The summed E-state index contributed by atoms with van der Waals surface area (Å²) < 4.78 is 0. The standard InChI is InChI=1S/C19H25N3O2.ClH/c23-17(15-4-2-1-3-5-15)21-10-12-22(13-11-21)18(24)16-14-19(16)6-8-20-9-7-19;/h1-5,16,20H,6-14H2;1H. The summed E-state index contributed by atoms with van der Waals surface area (Å²) in [5.74, 6) is 0.628. The summed E-state index contributed by atoms with van der Waals surface area (Å²) in [7, 11) is 0. The third kappa shape index (κ3) is 3.53. The normalized spacial score (nSPS) is 24.6. The summed E-state index contributed by atoms with van der Waals surface area (Å²) >= 11 is 0. The minimum Gasteiger partial charge on any atom is -0.339 e. The Labute approximate surface area is 155 Å². The Morgan fingerprint density at radius 1 is 0.960 bits per heavy atom. The van der Waals surface area contributed by atoms with Crippen molar-refractivity contribution in [2.24, 2.45) is 11.3 Å². The first-order chi connectivity index (χ1) is 11.7. The van der Waals surface area contributed by atoms with E-state index < -0.39 is 0 Å². The van der Waals surface area contributed by atoms with E-state index in [4.69, 9.17) is 0 Å². The van der Waals surface area contributed by atoms with Gasteiger partial charge in [-0.1, -0.05) is 18.2 Å². The number of hydrogen-bond acceptors (Lipinski definition) is 3. The highest BCUT2D eigenvalue weighted by Crippen LogP contribution is 2.59.